The fourth-order valence-corrected chi connectivity index (χ4v) is 3.35. The van der Waals surface area contributed by atoms with Crippen molar-refractivity contribution < 1.29 is 4.52 Å². The highest BCUT2D eigenvalue weighted by Crippen LogP contribution is 2.17. The fraction of sp³-hybridized carbons (Fsp3) is 0.526. The van der Waals surface area contributed by atoms with Gasteiger partial charge >= 0.3 is 0 Å². The first-order valence-corrected chi connectivity index (χ1v) is 9.22. The van der Waals surface area contributed by atoms with Crippen LogP contribution in [0.4, 0.5) is 5.82 Å². The number of rotatable bonds is 5. The zero-order valence-electron chi connectivity index (χ0n) is 16.2. The van der Waals surface area contributed by atoms with Gasteiger partial charge in [-0.25, -0.2) is 4.98 Å². The molecule has 8 heteroatoms. The van der Waals surface area contributed by atoms with Crippen LogP contribution in [0.15, 0.2) is 33.9 Å². The molecule has 0 unspecified atom stereocenters. The third kappa shape index (κ3) is 5.82. The Bertz CT molecular complexity index is 706. The zero-order valence-corrected chi connectivity index (χ0v) is 18.6. The van der Waals surface area contributed by atoms with E-state index in [1.165, 1.54) is 5.56 Å². The molecule has 0 aromatic carbocycles. The van der Waals surface area contributed by atoms with E-state index in [2.05, 4.69) is 36.7 Å². The number of guanidine groups is 1. The largest absolute Gasteiger partial charge is 0.361 e. The van der Waals surface area contributed by atoms with Crippen molar-refractivity contribution in [3.63, 3.8) is 0 Å². The SMILES string of the molecule is CN=C(NCCc1c(C)noc1C)NC1CCN(c2ccccn2)CC1.I. The van der Waals surface area contributed by atoms with Crippen LogP contribution in [0.25, 0.3) is 0 Å². The second kappa shape index (κ2) is 10.5. The molecule has 1 aliphatic rings. The topological polar surface area (TPSA) is 78.6 Å². The van der Waals surface area contributed by atoms with E-state index in [-0.39, 0.29) is 24.0 Å². The zero-order chi connectivity index (χ0) is 18.4. The summed E-state index contributed by atoms with van der Waals surface area (Å²) in [5.41, 5.74) is 2.14. The van der Waals surface area contributed by atoms with Crippen LogP contribution in [0.5, 0.6) is 0 Å². The summed E-state index contributed by atoms with van der Waals surface area (Å²) < 4.78 is 5.21. The molecule has 0 radical (unpaired) electrons. The summed E-state index contributed by atoms with van der Waals surface area (Å²) >= 11 is 0. The minimum atomic E-state index is 0. The Balaban J connectivity index is 0.00000261. The van der Waals surface area contributed by atoms with Crippen LogP contribution in [-0.2, 0) is 6.42 Å². The third-order valence-corrected chi connectivity index (χ3v) is 4.88. The number of aryl methyl sites for hydroxylation is 2. The number of aromatic nitrogens is 2. The lowest BCUT2D eigenvalue weighted by Gasteiger charge is -2.33. The Hall–Kier alpha value is -1.84. The molecule has 3 heterocycles. The van der Waals surface area contributed by atoms with E-state index >= 15 is 0 Å². The van der Waals surface area contributed by atoms with Gasteiger partial charge in [-0.2, -0.15) is 0 Å². The number of piperidine rings is 1. The van der Waals surface area contributed by atoms with Crippen LogP contribution in [0.1, 0.15) is 29.9 Å². The maximum Gasteiger partial charge on any atom is 0.191 e. The molecular weight excluding hydrogens is 455 g/mol. The molecule has 1 aliphatic heterocycles. The molecule has 27 heavy (non-hydrogen) atoms. The smallest absolute Gasteiger partial charge is 0.191 e. The Morgan fingerprint density at radius 3 is 2.67 bits per heavy atom. The van der Waals surface area contributed by atoms with Crippen molar-refractivity contribution in [2.24, 2.45) is 4.99 Å². The number of nitrogens with one attached hydrogen (secondary N) is 2. The Labute approximate surface area is 178 Å². The normalized spacial score (nSPS) is 15.4. The summed E-state index contributed by atoms with van der Waals surface area (Å²) in [6.07, 6.45) is 4.87. The first-order chi connectivity index (χ1) is 12.7. The van der Waals surface area contributed by atoms with Crippen molar-refractivity contribution in [2.75, 3.05) is 31.6 Å². The molecule has 0 amide bonds. The summed E-state index contributed by atoms with van der Waals surface area (Å²) in [6.45, 7) is 6.75. The molecule has 0 spiro atoms. The van der Waals surface area contributed by atoms with E-state index in [9.17, 15) is 0 Å². The fourth-order valence-electron chi connectivity index (χ4n) is 3.35. The van der Waals surface area contributed by atoms with Crippen LogP contribution in [0.2, 0.25) is 0 Å². The van der Waals surface area contributed by atoms with Crippen molar-refractivity contribution in [3.05, 3.63) is 41.4 Å². The Morgan fingerprint density at radius 2 is 2.07 bits per heavy atom. The number of pyridine rings is 1. The maximum absolute atomic E-state index is 5.21. The monoisotopic (exact) mass is 484 g/mol. The van der Waals surface area contributed by atoms with E-state index < -0.39 is 0 Å². The van der Waals surface area contributed by atoms with Crippen molar-refractivity contribution in [1.29, 1.82) is 0 Å². The predicted molar refractivity (Wildman–Crippen MR) is 119 cm³/mol. The van der Waals surface area contributed by atoms with Gasteiger partial charge in [-0.1, -0.05) is 11.2 Å². The predicted octanol–water partition coefficient (Wildman–Crippen LogP) is 2.68. The van der Waals surface area contributed by atoms with Gasteiger partial charge in [0.15, 0.2) is 5.96 Å². The highest BCUT2D eigenvalue weighted by Gasteiger charge is 2.20. The third-order valence-electron chi connectivity index (χ3n) is 4.88. The van der Waals surface area contributed by atoms with E-state index in [1.54, 1.807) is 0 Å². The summed E-state index contributed by atoms with van der Waals surface area (Å²) in [5, 5.41) is 10.9. The number of nitrogens with zero attached hydrogens (tertiary/aromatic N) is 4. The molecule has 2 aromatic rings. The quantitative estimate of drug-likeness (QED) is 0.386. The van der Waals surface area contributed by atoms with Gasteiger partial charge in [0.25, 0.3) is 0 Å². The number of hydrogen-bond donors (Lipinski definition) is 2. The molecule has 2 N–H and O–H groups in total. The lowest BCUT2D eigenvalue weighted by molar-refractivity contribution is 0.392. The van der Waals surface area contributed by atoms with Crippen LogP contribution in [-0.4, -0.2) is 48.8 Å². The van der Waals surface area contributed by atoms with Gasteiger partial charge in [-0.05, 0) is 45.2 Å². The van der Waals surface area contributed by atoms with Crippen molar-refractivity contribution in [3.8, 4) is 0 Å². The minimum Gasteiger partial charge on any atom is -0.361 e. The molecule has 1 saturated heterocycles. The number of aliphatic imine (C=N–C) groups is 1. The van der Waals surface area contributed by atoms with Crippen molar-refractivity contribution in [1.82, 2.24) is 20.8 Å². The standard InChI is InChI=1S/C19H28N6O.HI/c1-14-17(15(2)26-24-14)7-11-22-19(20-3)23-16-8-12-25(13-9-16)18-6-4-5-10-21-18;/h4-6,10,16H,7-9,11-13H2,1-3H3,(H2,20,22,23);1H. The van der Waals surface area contributed by atoms with E-state index in [1.807, 2.05) is 39.2 Å². The van der Waals surface area contributed by atoms with Gasteiger partial charge < -0.3 is 20.1 Å². The average Bonchev–Trinajstić information content (AvgIpc) is 3.00. The van der Waals surface area contributed by atoms with E-state index in [0.29, 0.717) is 6.04 Å². The number of halogens is 1. The minimum absolute atomic E-state index is 0. The molecule has 0 atom stereocenters. The molecule has 0 aliphatic carbocycles. The second-order valence-corrected chi connectivity index (χ2v) is 6.65. The van der Waals surface area contributed by atoms with Crippen LogP contribution >= 0.6 is 24.0 Å². The van der Waals surface area contributed by atoms with Gasteiger partial charge in [0.05, 0.1) is 5.69 Å². The van der Waals surface area contributed by atoms with Gasteiger partial charge in [0, 0.05) is 44.5 Å². The highest BCUT2D eigenvalue weighted by molar-refractivity contribution is 14.0. The summed E-state index contributed by atoms with van der Waals surface area (Å²) in [6, 6.07) is 6.50. The number of hydrogen-bond acceptors (Lipinski definition) is 5. The summed E-state index contributed by atoms with van der Waals surface area (Å²) in [4.78, 5) is 11.1. The van der Waals surface area contributed by atoms with Crippen LogP contribution < -0.4 is 15.5 Å². The van der Waals surface area contributed by atoms with Gasteiger partial charge in [-0.15, -0.1) is 24.0 Å². The van der Waals surface area contributed by atoms with Gasteiger partial charge in [0.1, 0.15) is 11.6 Å². The lowest BCUT2D eigenvalue weighted by atomic mass is 10.1. The average molecular weight is 484 g/mol. The molecular formula is C19H29IN6O. The Kier molecular flexibility index (Phi) is 8.33. The summed E-state index contributed by atoms with van der Waals surface area (Å²) in [5.74, 6) is 2.81. The van der Waals surface area contributed by atoms with Gasteiger partial charge in [-0.3, -0.25) is 4.99 Å². The second-order valence-electron chi connectivity index (χ2n) is 6.65. The molecule has 2 aromatic heterocycles. The van der Waals surface area contributed by atoms with Crippen molar-refractivity contribution in [2.45, 2.75) is 39.2 Å². The molecule has 1 fully saturated rings. The maximum atomic E-state index is 5.21. The molecule has 3 rings (SSSR count). The molecule has 0 saturated carbocycles. The highest BCUT2D eigenvalue weighted by atomic mass is 127. The van der Waals surface area contributed by atoms with Crippen LogP contribution in [0, 0.1) is 13.8 Å². The molecule has 7 nitrogen and oxygen atoms in total. The number of anilines is 1. The molecule has 0 bridgehead atoms. The summed E-state index contributed by atoms with van der Waals surface area (Å²) in [7, 11) is 1.81. The van der Waals surface area contributed by atoms with Gasteiger partial charge in [0.2, 0.25) is 0 Å². The molecule has 148 valence electrons. The van der Waals surface area contributed by atoms with Crippen LogP contribution in [0.3, 0.4) is 0 Å². The first kappa shape index (κ1) is 21.5. The van der Waals surface area contributed by atoms with E-state index in [4.69, 9.17) is 4.52 Å². The Morgan fingerprint density at radius 1 is 1.30 bits per heavy atom. The van der Waals surface area contributed by atoms with E-state index in [0.717, 1.165) is 62.1 Å². The lowest BCUT2D eigenvalue weighted by Crippen LogP contribution is -2.49. The van der Waals surface area contributed by atoms with Crippen molar-refractivity contribution >= 4 is 35.8 Å². The first-order valence-electron chi connectivity index (χ1n) is 9.22.